The fourth-order valence-electron chi connectivity index (χ4n) is 2.86. The van der Waals surface area contributed by atoms with E-state index in [1.807, 2.05) is 0 Å². The van der Waals surface area contributed by atoms with Gasteiger partial charge in [0.1, 0.15) is 0 Å². The molecule has 1 aliphatic rings. The van der Waals surface area contributed by atoms with E-state index >= 15 is 0 Å². The molecule has 1 heterocycles. The lowest BCUT2D eigenvalue weighted by Gasteiger charge is -2.48. The van der Waals surface area contributed by atoms with Crippen LogP contribution in [-0.4, -0.2) is 48.8 Å². The maximum absolute atomic E-state index is 5.74. The smallest absolute Gasteiger partial charge is 0.0597 e. The largest absolute Gasteiger partial charge is 0.377 e. The minimum Gasteiger partial charge on any atom is -0.377 e. The summed E-state index contributed by atoms with van der Waals surface area (Å²) in [6.07, 6.45) is 2.79. The molecule has 0 bridgehead atoms. The second-order valence-corrected chi connectivity index (χ2v) is 6.92. The molecule has 19 heavy (non-hydrogen) atoms. The van der Waals surface area contributed by atoms with Crippen LogP contribution in [0.4, 0.5) is 0 Å². The number of rotatable bonds is 7. The number of nitrogens with zero attached hydrogens (tertiary/aromatic N) is 1. The third kappa shape index (κ3) is 5.41. The first-order valence-electron chi connectivity index (χ1n) is 7.97. The Morgan fingerprint density at radius 3 is 2.53 bits per heavy atom. The maximum Gasteiger partial charge on any atom is 0.0597 e. The molecule has 2 unspecified atom stereocenters. The second-order valence-electron chi connectivity index (χ2n) is 6.92. The van der Waals surface area contributed by atoms with Crippen molar-refractivity contribution in [1.29, 1.82) is 0 Å². The summed E-state index contributed by atoms with van der Waals surface area (Å²) < 4.78 is 5.74. The number of piperazine rings is 1. The van der Waals surface area contributed by atoms with Crippen LogP contribution in [0.15, 0.2) is 0 Å². The minimum atomic E-state index is 0.286. The maximum atomic E-state index is 5.74. The van der Waals surface area contributed by atoms with Crippen molar-refractivity contribution in [2.24, 2.45) is 5.92 Å². The topological polar surface area (TPSA) is 24.5 Å². The lowest BCUT2D eigenvalue weighted by Crippen LogP contribution is -2.63. The SMILES string of the molecule is CCC1(C)CNC(CC(C)C)CN1CCOC(C)C. The number of nitrogens with one attached hydrogen (secondary N) is 1. The van der Waals surface area contributed by atoms with E-state index in [1.165, 1.54) is 12.8 Å². The van der Waals surface area contributed by atoms with Crippen molar-refractivity contribution in [3.05, 3.63) is 0 Å². The van der Waals surface area contributed by atoms with Crippen LogP contribution in [0, 0.1) is 5.92 Å². The van der Waals surface area contributed by atoms with E-state index in [9.17, 15) is 0 Å². The third-order valence-electron chi connectivity index (χ3n) is 4.31. The van der Waals surface area contributed by atoms with Gasteiger partial charge in [-0.3, -0.25) is 4.90 Å². The van der Waals surface area contributed by atoms with Crippen molar-refractivity contribution in [1.82, 2.24) is 10.2 Å². The Kier molecular flexibility index (Phi) is 6.78. The summed E-state index contributed by atoms with van der Waals surface area (Å²) in [4.78, 5) is 2.64. The molecule has 0 spiro atoms. The van der Waals surface area contributed by atoms with E-state index in [-0.39, 0.29) is 5.54 Å². The molecule has 1 fully saturated rings. The summed E-state index contributed by atoms with van der Waals surface area (Å²) in [5.41, 5.74) is 0.286. The van der Waals surface area contributed by atoms with Gasteiger partial charge in [0.15, 0.2) is 0 Å². The Morgan fingerprint density at radius 2 is 2.00 bits per heavy atom. The first-order chi connectivity index (χ1) is 8.87. The van der Waals surface area contributed by atoms with Crippen molar-refractivity contribution in [3.63, 3.8) is 0 Å². The molecular formula is C16H34N2O. The summed E-state index contributed by atoms with van der Waals surface area (Å²) in [7, 11) is 0. The van der Waals surface area contributed by atoms with Crippen molar-refractivity contribution >= 4 is 0 Å². The highest BCUT2D eigenvalue weighted by Crippen LogP contribution is 2.24. The molecule has 1 N–H and O–H groups in total. The molecule has 1 rings (SSSR count). The number of hydrogen-bond donors (Lipinski definition) is 1. The fraction of sp³-hybridized carbons (Fsp3) is 1.00. The van der Waals surface area contributed by atoms with Gasteiger partial charge >= 0.3 is 0 Å². The number of ether oxygens (including phenoxy) is 1. The molecule has 114 valence electrons. The zero-order valence-electron chi connectivity index (χ0n) is 13.8. The lowest BCUT2D eigenvalue weighted by atomic mass is 9.90. The van der Waals surface area contributed by atoms with Gasteiger partial charge in [0, 0.05) is 31.2 Å². The fourth-order valence-corrected chi connectivity index (χ4v) is 2.86. The Bertz CT molecular complexity index is 255. The Labute approximate surface area is 120 Å². The molecule has 3 nitrogen and oxygen atoms in total. The van der Waals surface area contributed by atoms with Crippen LogP contribution in [-0.2, 0) is 4.74 Å². The summed E-state index contributed by atoms with van der Waals surface area (Å²) in [5.74, 6) is 0.761. The highest BCUT2D eigenvalue weighted by molar-refractivity contribution is 4.95. The predicted octanol–water partition coefficient (Wildman–Crippen LogP) is 2.90. The Hall–Kier alpha value is -0.120. The van der Waals surface area contributed by atoms with Crippen molar-refractivity contribution in [2.75, 3.05) is 26.2 Å². The minimum absolute atomic E-state index is 0.286. The van der Waals surface area contributed by atoms with Crippen molar-refractivity contribution < 1.29 is 4.74 Å². The van der Waals surface area contributed by atoms with Gasteiger partial charge in [-0.2, -0.15) is 0 Å². The van der Waals surface area contributed by atoms with Gasteiger partial charge in [0.25, 0.3) is 0 Å². The summed E-state index contributed by atoms with van der Waals surface area (Å²) >= 11 is 0. The molecular weight excluding hydrogens is 236 g/mol. The molecule has 0 aromatic heterocycles. The van der Waals surface area contributed by atoms with Crippen LogP contribution in [0.1, 0.15) is 54.4 Å². The molecule has 0 radical (unpaired) electrons. The molecule has 1 saturated heterocycles. The second kappa shape index (κ2) is 7.61. The first kappa shape index (κ1) is 16.9. The highest BCUT2D eigenvalue weighted by atomic mass is 16.5. The van der Waals surface area contributed by atoms with Crippen molar-refractivity contribution in [3.8, 4) is 0 Å². The van der Waals surface area contributed by atoms with E-state index < -0.39 is 0 Å². The average Bonchev–Trinajstić information content (AvgIpc) is 2.32. The summed E-state index contributed by atoms with van der Waals surface area (Å²) in [6, 6.07) is 0.638. The van der Waals surface area contributed by atoms with Crippen LogP contribution in [0.25, 0.3) is 0 Å². The van der Waals surface area contributed by atoms with Gasteiger partial charge in [-0.15, -0.1) is 0 Å². The highest BCUT2D eigenvalue weighted by Gasteiger charge is 2.36. The van der Waals surface area contributed by atoms with Crippen LogP contribution in [0.3, 0.4) is 0 Å². The molecule has 0 aromatic carbocycles. The Balaban J connectivity index is 2.53. The zero-order chi connectivity index (χ0) is 14.5. The molecule has 3 heteroatoms. The van der Waals surface area contributed by atoms with Gasteiger partial charge < -0.3 is 10.1 Å². The zero-order valence-corrected chi connectivity index (χ0v) is 13.8. The van der Waals surface area contributed by atoms with Gasteiger partial charge in [0.05, 0.1) is 12.7 Å². The summed E-state index contributed by atoms with van der Waals surface area (Å²) in [5, 5.41) is 3.74. The lowest BCUT2D eigenvalue weighted by molar-refractivity contribution is 0.000225. The van der Waals surface area contributed by atoms with E-state index in [4.69, 9.17) is 4.74 Å². The predicted molar refractivity (Wildman–Crippen MR) is 82.6 cm³/mol. The van der Waals surface area contributed by atoms with E-state index in [2.05, 4.69) is 51.8 Å². The third-order valence-corrected chi connectivity index (χ3v) is 4.31. The normalized spacial score (nSPS) is 29.4. The Morgan fingerprint density at radius 1 is 1.32 bits per heavy atom. The monoisotopic (exact) mass is 270 g/mol. The molecule has 2 atom stereocenters. The molecule has 0 amide bonds. The van der Waals surface area contributed by atoms with Gasteiger partial charge in [-0.25, -0.2) is 0 Å². The average molecular weight is 270 g/mol. The van der Waals surface area contributed by atoms with Crippen LogP contribution >= 0.6 is 0 Å². The standard InChI is InChI=1S/C16H34N2O/c1-7-16(6)12-17-15(10-13(2)3)11-18(16)8-9-19-14(4)5/h13-15,17H,7-12H2,1-6H3. The molecule has 0 aromatic rings. The molecule has 1 aliphatic heterocycles. The van der Waals surface area contributed by atoms with E-state index in [1.54, 1.807) is 0 Å². The van der Waals surface area contributed by atoms with Gasteiger partial charge in [-0.05, 0) is 39.5 Å². The summed E-state index contributed by atoms with van der Waals surface area (Å²) in [6.45, 7) is 17.7. The molecule has 0 saturated carbocycles. The quantitative estimate of drug-likeness (QED) is 0.770. The van der Waals surface area contributed by atoms with E-state index in [0.717, 1.165) is 32.2 Å². The van der Waals surface area contributed by atoms with E-state index in [0.29, 0.717) is 12.1 Å². The molecule has 0 aliphatic carbocycles. The van der Waals surface area contributed by atoms with Crippen LogP contribution in [0.5, 0.6) is 0 Å². The van der Waals surface area contributed by atoms with Crippen molar-refractivity contribution in [2.45, 2.75) is 72.1 Å². The first-order valence-corrected chi connectivity index (χ1v) is 7.97. The number of hydrogen-bond acceptors (Lipinski definition) is 3. The van der Waals surface area contributed by atoms with Crippen LogP contribution < -0.4 is 5.32 Å². The van der Waals surface area contributed by atoms with Gasteiger partial charge in [0.2, 0.25) is 0 Å². The van der Waals surface area contributed by atoms with Gasteiger partial charge in [-0.1, -0.05) is 20.8 Å². The van der Waals surface area contributed by atoms with Crippen LogP contribution in [0.2, 0.25) is 0 Å².